The number of nitrogens with two attached hydrogens (primary N) is 2. The van der Waals surface area contributed by atoms with E-state index in [-0.39, 0.29) is 29.7 Å². The number of ether oxygens (including phenoxy) is 1. The first-order chi connectivity index (χ1) is 15.9. The van der Waals surface area contributed by atoms with E-state index in [1.807, 2.05) is 0 Å². The lowest BCUT2D eigenvalue weighted by molar-refractivity contribution is -0.138. The zero-order valence-corrected chi connectivity index (χ0v) is 17.4. The van der Waals surface area contributed by atoms with E-state index in [1.54, 1.807) is 0 Å². The molecular formula is C21H18F7N5O. The maximum absolute atomic E-state index is 14.4. The summed E-state index contributed by atoms with van der Waals surface area (Å²) in [5.74, 6) is -8.41. The first kappa shape index (κ1) is 23.6. The molecule has 0 amide bonds. The van der Waals surface area contributed by atoms with Gasteiger partial charge in [-0.3, -0.25) is 4.90 Å². The molecule has 1 aliphatic heterocycles. The summed E-state index contributed by atoms with van der Waals surface area (Å²) < 4.78 is 101. The van der Waals surface area contributed by atoms with Crippen LogP contribution in [0.1, 0.15) is 37.7 Å². The molecule has 0 saturated heterocycles. The number of benzene rings is 2. The van der Waals surface area contributed by atoms with E-state index in [4.69, 9.17) is 16.2 Å². The van der Waals surface area contributed by atoms with Crippen molar-refractivity contribution in [1.82, 2.24) is 0 Å². The number of hydrogen-bond donors (Lipinski definition) is 2. The summed E-state index contributed by atoms with van der Waals surface area (Å²) in [4.78, 5) is 9.47. The van der Waals surface area contributed by atoms with Crippen LogP contribution in [0.15, 0.2) is 34.3 Å². The number of anilines is 1. The number of rotatable bonds is 3. The van der Waals surface area contributed by atoms with Gasteiger partial charge in [0.05, 0.1) is 11.3 Å². The Hall–Kier alpha value is -3.51. The van der Waals surface area contributed by atoms with Crippen molar-refractivity contribution in [2.75, 3.05) is 4.90 Å². The predicted molar refractivity (Wildman–Crippen MR) is 109 cm³/mol. The number of aliphatic imine (C=N–C) groups is 2. The van der Waals surface area contributed by atoms with Crippen LogP contribution in [0, 0.1) is 23.3 Å². The van der Waals surface area contributed by atoms with Crippen molar-refractivity contribution in [2.45, 2.75) is 43.9 Å². The molecule has 6 nitrogen and oxygen atoms in total. The van der Waals surface area contributed by atoms with Gasteiger partial charge < -0.3 is 16.2 Å². The van der Waals surface area contributed by atoms with E-state index in [9.17, 15) is 30.7 Å². The Morgan fingerprint density at radius 3 is 2.03 bits per heavy atom. The van der Waals surface area contributed by atoms with Crippen LogP contribution in [0.5, 0.6) is 11.5 Å². The molecule has 0 radical (unpaired) electrons. The Balaban J connectivity index is 1.84. The predicted octanol–water partition coefficient (Wildman–Crippen LogP) is 5.16. The van der Waals surface area contributed by atoms with Crippen molar-refractivity contribution in [3.8, 4) is 11.5 Å². The molecular weight excluding hydrogens is 471 g/mol. The fraction of sp³-hybridized carbons (Fsp3) is 0.333. The van der Waals surface area contributed by atoms with Crippen LogP contribution in [0.2, 0.25) is 0 Å². The molecule has 0 unspecified atom stereocenters. The summed E-state index contributed by atoms with van der Waals surface area (Å²) in [5, 5.41) is 0. The third-order valence-electron chi connectivity index (χ3n) is 5.63. The van der Waals surface area contributed by atoms with E-state index < -0.39 is 52.2 Å². The van der Waals surface area contributed by atoms with Crippen LogP contribution >= 0.6 is 0 Å². The number of halogens is 7. The molecule has 4 rings (SSSR count). The highest BCUT2D eigenvalue weighted by Gasteiger charge is 2.44. The number of nitrogens with zero attached hydrogens (tertiary/aromatic N) is 3. The molecule has 1 aliphatic carbocycles. The van der Waals surface area contributed by atoms with Crippen molar-refractivity contribution in [3.63, 3.8) is 0 Å². The zero-order valence-electron chi connectivity index (χ0n) is 17.4. The summed E-state index contributed by atoms with van der Waals surface area (Å²) in [6.07, 6.45) is -2.00. The average molecular weight is 489 g/mol. The van der Waals surface area contributed by atoms with Gasteiger partial charge in [-0.1, -0.05) is 6.42 Å². The number of alkyl halides is 3. The summed E-state index contributed by atoms with van der Waals surface area (Å²) in [7, 11) is 0. The van der Waals surface area contributed by atoms with Crippen molar-refractivity contribution >= 4 is 17.6 Å². The van der Waals surface area contributed by atoms with Crippen LogP contribution in [0.25, 0.3) is 0 Å². The highest BCUT2D eigenvalue weighted by molar-refractivity contribution is 6.06. The molecule has 0 bridgehead atoms. The molecule has 1 spiro atoms. The van der Waals surface area contributed by atoms with Crippen LogP contribution in [-0.2, 0) is 6.18 Å². The van der Waals surface area contributed by atoms with Gasteiger partial charge in [-0.05, 0) is 37.8 Å². The number of guanidine groups is 2. The van der Waals surface area contributed by atoms with Gasteiger partial charge in [-0.2, -0.15) is 18.2 Å². The fourth-order valence-corrected chi connectivity index (χ4v) is 4.18. The highest BCUT2D eigenvalue weighted by Crippen LogP contribution is 2.45. The van der Waals surface area contributed by atoms with E-state index in [0.29, 0.717) is 37.8 Å². The zero-order chi connectivity index (χ0) is 24.8. The van der Waals surface area contributed by atoms with Gasteiger partial charge in [-0.25, -0.2) is 22.6 Å². The molecule has 0 atom stereocenters. The lowest BCUT2D eigenvalue weighted by Crippen LogP contribution is -2.58. The van der Waals surface area contributed by atoms with Crippen LogP contribution < -0.4 is 21.1 Å². The molecule has 1 fully saturated rings. The molecule has 182 valence electrons. The first-order valence-electron chi connectivity index (χ1n) is 10.1. The topological polar surface area (TPSA) is 89.2 Å². The molecule has 1 saturated carbocycles. The van der Waals surface area contributed by atoms with E-state index in [1.165, 1.54) is 4.90 Å². The van der Waals surface area contributed by atoms with Gasteiger partial charge in [0.25, 0.3) is 0 Å². The van der Waals surface area contributed by atoms with Gasteiger partial charge in [0, 0.05) is 12.1 Å². The largest absolute Gasteiger partial charge is 0.449 e. The minimum absolute atomic E-state index is 0.0301. The second-order valence-corrected chi connectivity index (χ2v) is 7.92. The average Bonchev–Trinajstić information content (AvgIpc) is 2.73. The van der Waals surface area contributed by atoms with Crippen LogP contribution in [0.3, 0.4) is 0 Å². The Bertz CT molecular complexity index is 1170. The summed E-state index contributed by atoms with van der Waals surface area (Å²) >= 11 is 0. The van der Waals surface area contributed by atoms with E-state index in [2.05, 4.69) is 9.98 Å². The molecule has 2 aliphatic rings. The third-order valence-corrected chi connectivity index (χ3v) is 5.63. The second kappa shape index (κ2) is 8.37. The molecule has 13 heteroatoms. The SMILES string of the molecule is NC1=NC2(CCCCC2)N(c2cc(F)c(F)cc2Oc2c(F)cc(C(F)(F)F)cc2F)C(N)=N1. The lowest BCUT2D eigenvalue weighted by atomic mass is 9.87. The van der Waals surface area contributed by atoms with Crippen molar-refractivity contribution in [2.24, 2.45) is 21.5 Å². The third kappa shape index (κ3) is 4.21. The monoisotopic (exact) mass is 489 g/mol. The summed E-state index contributed by atoms with van der Waals surface area (Å²) in [6, 6.07) is 1.25. The van der Waals surface area contributed by atoms with Gasteiger partial charge in [0.2, 0.25) is 11.9 Å². The smallest absolute Gasteiger partial charge is 0.416 e. The molecule has 0 aromatic heterocycles. The normalized spacial score (nSPS) is 18.0. The van der Waals surface area contributed by atoms with Crippen LogP contribution in [-0.4, -0.2) is 17.6 Å². The molecule has 1 heterocycles. The number of hydrogen-bond acceptors (Lipinski definition) is 6. The maximum atomic E-state index is 14.4. The Morgan fingerprint density at radius 2 is 1.44 bits per heavy atom. The standard InChI is InChI=1S/C21H18F7N5O/c22-11-8-15(33-19(30)31-18(29)32-20(33)4-2-1-3-5-20)16(9-12(11)23)34-17-13(24)6-10(7-14(17)25)21(26,27)28/h6-9H,1-5H2,(H4,29,30,31,32). The minimum Gasteiger partial charge on any atom is -0.449 e. The summed E-state index contributed by atoms with van der Waals surface area (Å²) in [6.45, 7) is 0. The lowest BCUT2D eigenvalue weighted by Gasteiger charge is -2.45. The van der Waals surface area contributed by atoms with Gasteiger partial charge in [0.15, 0.2) is 34.8 Å². The van der Waals surface area contributed by atoms with Crippen LogP contribution in [0.4, 0.5) is 36.4 Å². The fourth-order valence-electron chi connectivity index (χ4n) is 4.18. The molecule has 34 heavy (non-hydrogen) atoms. The molecule has 2 aromatic rings. The summed E-state index contributed by atoms with van der Waals surface area (Å²) in [5.41, 5.74) is 8.82. The highest BCUT2D eigenvalue weighted by atomic mass is 19.4. The molecule has 2 aromatic carbocycles. The Labute approximate surface area is 188 Å². The second-order valence-electron chi connectivity index (χ2n) is 7.92. The maximum Gasteiger partial charge on any atom is 0.416 e. The van der Waals surface area contributed by atoms with Crippen molar-refractivity contribution in [3.05, 3.63) is 53.1 Å². The Kier molecular flexibility index (Phi) is 5.82. The Morgan fingerprint density at radius 1 is 0.853 bits per heavy atom. The minimum atomic E-state index is -5.02. The van der Waals surface area contributed by atoms with Gasteiger partial charge in [-0.15, -0.1) is 0 Å². The molecule has 4 N–H and O–H groups in total. The van der Waals surface area contributed by atoms with E-state index >= 15 is 0 Å². The van der Waals surface area contributed by atoms with Crippen molar-refractivity contribution in [1.29, 1.82) is 0 Å². The van der Waals surface area contributed by atoms with Crippen molar-refractivity contribution < 1.29 is 35.5 Å². The van der Waals surface area contributed by atoms with E-state index in [0.717, 1.165) is 6.42 Å². The van der Waals surface area contributed by atoms with Gasteiger partial charge in [0.1, 0.15) is 5.66 Å². The van der Waals surface area contributed by atoms with Gasteiger partial charge >= 0.3 is 6.18 Å². The first-order valence-corrected chi connectivity index (χ1v) is 10.1. The quantitative estimate of drug-likeness (QED) is 0.583.